The maximum atomic E-state index is 12.7. The van der Waals surface area contributed by atoms with Crippen molar-refractivity contribution < 1.29 is 9.21 Å². The van der Waals surface area contributed by atoms with E-state index in [9.17, 15) is 4.79 Å². The van der Waals surface area contributed by atoms with E-state index in [4.69, 9.17) is 4.42 Å². The normalized spacial score (nSPS) is 16.5. The Labute approximate surface area is 181 Å². The van der Waals surface area contributed by atoms with Gasteiger partial charge in [0, 0.05) is 49.0 Å². The quantitative estimate of drug-likeness (QED) is 0.613. The largest absolute Gasteiger partial charge is 0.459 e. The van der Waals surface area contributed by atoms with E-state index in [1.807, 2.05) is 12.4 Å². The number of nitrogens with zero attached hydrogens (tertiary/aromatic N) is 3. The van der Waals surface area contributed by atoms with E-state index < -0.39 is 0 Å². The lowest BCUT2D eigenvalue weighted by atomic mass is 9.98. The number of carbonyl (C=O) groups is 1. The van der Waals surface area contributed by atoms with E-state index in [0.717, 1.165) is 49.7 Å². The molecule has 0 bridgehead atoms. The molecule has 0 spiro atoms. The third-order valence-corrected chi connectivity index (χ3v) is 6.88. The molecule has 0 saturated carbocycles. The number of likely N-dealkylation sites (N-methyl/N-ethyl adjacent to an activating group) is 1. The standard InChI is InChI=1S/C23H28N4O2S/c1-3-18-16-19(23(30-18)25-22(28)20-6-5-15-29-20)21(17-7-9-24-10-8-17)27-13-11-26(4-2)12-14-27/h5-10,15-16,21H,3-4,11-14H2,1-2H3,(H,25,28)/t21-/m1/s1. The molecule has 0 aromatic carbocycles. The Morgan fingerprint density at radius 2 is 1.97 bits per heavy atom. The molecule has 3 aromatic heterocycles. The Kier molecular flexibility index (Phi) is 6.62. The number of anilines is 1. The minimum Gasteiger partial charge on any atom is -0.459 e. The fourth-order valence-electron chi connectivity index (χ4n) is 3.98. The van der Waals surface area contributed by atoms with Crippen LogP contribution in [0.1, 0.15) is 46.4 Å². The maximum Gasteiger partial charge on any atom is 0.291 e. The first-order chi connectivity index (χ1) is 14.7. The number of aryl methyl sites for hydroxylation is 1. The van der Waals surface area contributed by atoms with Gasteiger partial charge in [-0.15, -0.1) is 11.3 Å². The van der Waals surface area contributed by atoms with Crippen LogP contribution in [0.2, 0.25) is 0 Å². The molecule has 0 aliphatic carbocycles. The Morgan fingerprint density at radius 3 is 2.60 bits per heavy atom. The van der Waals surface area contributed by atoms with Crippen LogP contribution in [0.4, 0.5) is 5.00 Å². The summed E-state index contributed by atoms with van der Waals surface area (Å²) in [7, 11) is 0. The lowest BCUT2D eigenvalue weighted by molar-refractivity contribution is 0.0995. The van der Waals surface area contributed by atoms with E-state index in [1.165, 1.54) is 16.7 Å². The summed E-state index contributed by atoms with van der Waals surface area (Å²) in [5.41, 5.74) is 2.34. The van der Waals surface area contributed by atoms with Gasteiger partial charge in [0.1, 0.15) is 5.00 Å². The number of hydrogen-bond donors (Lipinski definition) is 1. The van der Waals surface area contributed by atoms with E-state index in [2.05, 4.69) is 52.1 Å². The van der Waals surface area contributed by atoms with Crippen LogP contribution in [-0.4, -0.2) is 53.4 Å². The molecule has 1 N–H and O–H groups in total. The third kappa shape index (κ3) is 4.48. The lowest BCUT2D eigenvalue weighted by Gasteiger charge is -2.39. The monoisotopic (exact) mass is 424 g/mol. The summed E-state index contributed by atoms with van der Waals surface area (Å²) in [6, 6.07) is 9.91. The van der Waals surface area contributed by atoms with E-state index in [-0.39, 0.29) is 11.9 Å². The van der Waals surface area contributed by atoms with Gasteiger partial charge in [-0.1, -0.05) is 13.8 Å². The molecule has 1 saturated heterocycles. The highest BCUT2D eigenvalue weighted by Crippen LogP contribution is 2.39. The summed E-state index contributed by atoms with van der Waals surface area (Å²) < 4.78 is 5.29. The maximum absolute atomic E-state index is 12.7. The molecule has 158 valence electrons. The second-order valence-electron chi connectivity index (χ2n) is 7.44. The molecule has 3 aromatic rings. The topological polar surface area (TPSA) is 61.6 Å². The first-order valence-corrected chi connectivity index (χ1v) is 11.3. The predicted molar refractivity (Wildman–Crippen MR) is 120 cm³/mol. The molecule has 1 fully saturated rings. The number of thiophene rings is 1. The van der Waals surface area contributed by atoms with Crippen LogP contribution in [0.15, 0.2) is 53.4 Å². The lowest BCUT2D eigenvalue weighted by Crippen LogP contribution is -2.47. The van der Waals surface area contributed by atoms with Crippen LogP contribution in [0, 0.1) is 0 Å². The molecule has 1 aliphatic heterocycles. The molecule has 0 radical (unpaired) electrons. The van der Waals surface area contributed by atoms with Gasteiger partial charge in [0.25, 0.3) is 5.91 Å². The summed E-state index contributed by atoms with van der Waals surface area (Å²) >= 11 is 1.65. The Hall–Kier alpha value is -2.48. The molecular formula is C23H28N4O2S. The van der Waals surface area contributed by atoms with Crippen LogP contribution >= 0.6 is 11.3 Å². The number of nitrogens with one attached hydrogen (secondary N) is 1. The Balaban J connectivity index is 1.69. The molecule has 1 aliphatic rings. The highest BCUT2D eigenvalue weighted by Gasteiger charge is 2.30. The van der Waals surface area contributed by atoms with Gasteiger partial charge in [-0.05, 0) is 48.9 Å². The van der Waals surface area contributed by atoms with Gasteiger partial charge < -0.3 is 14.6 Å². The van der Waals surface area contributed by atoms with Gasteiger partial charge >= 0.3 is 0 Å². The fraction of sp³-hybridized carbons (Fsp3) is 0.391. The van der Waals surface area contributed by atoms with Crippen molar-refractivity contribution in [3.8, 4) is 0 Å². The Morgan fingerprint density at radius 1 is 1.20 bits per heavy atom. The number of carbonyl (C=O) groups excluding carboxylic acids is 1. The highest BCUT2D eigenvalue weighted by molar-refractivity contribution is 7.16. The van der Waals surface area contributed by atoms with E-state index >= 15 is 0 Å². The van der Waals surface area contributed by atoms with Crippen molar-refractivity contribution in [2.45, 2.75) is 26.3 Å². The minimum atomic E-state index is -0.213. The number of amides is 1. The zero-order chi connectivity index (χ0) is 20.9. The van der Waals surface area contributed by atoms with Crippen LogP contribution in [0.5, 0.6) is 0 Å². The number of aromatic nitrogens is 1. The Bertz CT molecular complexity index is 947. The van der Waals surface area contributed by atoms with E-state index in [1.54, 1.807) is 23.5 Å². The summed E-state index contributed by atoms with van der Waals surface area (Å²) in [6.45, 7) is 9.53. The number of furan rings is 1. The summed E-state index contributed by atoms with van der Waals surface area (Å²) in [5.74, 6) is 0.111. The summed E-state index contributed by atoms with van der Waals surface area (Å²) in [6.07, 6.45) is 6.15. The van der Waals surface area contributed by atoms with Gasteiger partial charge in [-0.3, -0.25) is 14.7 Å². The molecule has 4 heterocycles. The van der Waals surface area contributed by atoms with Crippen molar-refractivity contribution in [2.24, 2.45) is 0 Å². The average molecular weight is 425 g/mol. The smallest absolute Gasteiger partial charge is 0.291 e. The molecular weight excluding hydrogens is 396 g/mol. The van der Waals surface area contributed by atoms with Crippen molar-refractivity contribution in [1.29, 1.82) is 0 Å². The second kappa shape index (κ2) is 9.55. The zero-order valence-corrected chi connectivity index (χ0v) is 18.3. The van der Waals surface area contributed by atoms with Gasteiger partial charge in [0.2, 0.25) is 0 Å². The number of rotatable bonds is 7. The van der Waals surface area contributed by atoms with Crippen LogP contribution in [-0.2, 0) is 6.42 Å². The summed E-state index contributed by atoms with van der Waals surface area (Å²) in [5, 5.41) is 4.01. The van der Waals surface area contributed by atoms with Crippen LogP contribution in [0.25, 0.3) is 0 Å². The molecule has 1 amide bonds. The molecule has 0 unspecified atom stereocenters. The summed E-state index contributed by atoms with van der Waals surface area (Å²) in [4.78, 5) is 23.2. The molecule has 30 heavy (non-hydrogen) atoms. The van der Waals surface area contributed by atoms with Gasteiger partial charge in [-0.25, -0.2) is 0 Å². The van der Waals surface area contributed by atoms with Crippen LogP contribution in [0.3, 0.4) is 0 Å². The number of pyridine rings is 1. The van der Waals surface area contributed by atoms with Gasteiger partial charge in [0.15, 0.2) is 5.76 Å². The zero-order valence-electron chi connectivity index (χ0n) is 17.5. The molecule has 4 rings (SSSR count). The van der Waals surface area contributed by atoms with Crippen molar-refractivity contribution in [2.75, 3.05) is 38.0 Å². The number of piperazine rings is 1. The first kappa shape index (κ1) is 20.8. The fourth-order valence-corrected chi connectivity index (χ4v) is 5.00. The number of hydrogen-bond acceptors (Lipinski definition) is 6. The second-order valence-corrected chi connectivity index (χ2v) is 8.57. The third-order valence-electron chi connectivity index (χ3n) is 5.67. The molecule has 6 nitrogen and oxygen atoms in total. The minimum absolute atomic E-state index is 0.0791. The highest BCUT2D eigenvalue weighted by atomic mass is 32.1. The first-order valence-electron chi connectivity index (χ1n) is 10.5. The van der Waals surface area contributed by atoms with Crippen molar-refractivity contribution in [3.63, 3.8) is 0 Å². The van der Waals surface area contributed by atoms with Crippen molar-refractivity contribution >= 4 is 22.2 Å². The molecule has 7 heteroatoms. The van der Waals surface area contributed by atoms with Gasteiger partial charge in [-0.2, -0.15) is 0 Å². The predicted octanol–water partition coefficient (Wildman–Crippen LogP) is 4.28. The molecule has 1 atom stereocenters. The van der Waals surface area contributed by atoms with E-state index in [0.29, 0.717) is 5.76 Å². The SMILES string of the molecule is CCc1cc([C@@H](c2ccncc2)N2CCN(CC)CC2)c(NC(=O)c2ccco2)s1. The van der Waals surface area contributed by atoms with Crippen molar-refractivity contribution in [1.82, 2.24) is 14.8 Å². The average Bonchev–Trinajstić information content (AvgIpc) is 3.46. The van der Waals surface area contributed by atoms with Gasteiger partial charge in [0.05, 0.1) is 12.3 Å². The van der Waals surface area contributed by atoms with Crippen molar-refractivity contribution in [3.05, 3.63) is 70.8 Å². The van der Waals surface area contributed by atoms with Crippen LogP contribution < -0.4 is 5.32 Å².